The van der Waals surface area contributed by atoms with E-state index in [-0.39, 0.29) is 16.9 Å². The third-order valence-electron chi connectivity index (χ3n) is 3.40. The molecule has 1 amide bonds. The summed E-state index contributed by atoms with van der Waals surface area (Å²) in [6.45, 7) is 3.49. The number of nitrogens with two attached hydrogens (primary N) is 1. The molecule has 1 atom stereocenters. The second-order valence-electron chi connectivity index (χ2n) is 4.83. The van der Waals surface area contributed by atoms with Crippen LogP contribution in [-0.4, -0.2) is 43.6 Å². The Bertz CT molecular complexity index is 464. The quantitative estimate of drug-likeness (QED) is 0.832. The summed E-state index contributed by atoms with van der Waals surface area (Å²) < 4.78 is 1.53. The van der Waals surface area contributed by atoms with E-state index in [0.29, 0.717) is 5.82 Å². The summed E-state index contributed by atoms with van der Waals surface area (Å²) >= 11 is 4.81. The van der Waals surface area contributed by atoms with Crippen molar-refractivity contribution in [2.24, 2.45) is 5.73 Å². The first-order chi connectivity index (χ1) is 9.09. The Kier molecular flexibility index (Phi) is 4.47. The van der Waals surface area contributed by atoms with Gasteiger partial charge in [0, 0.05) is 13.1 Å². The van der Waals surface area contributed by atoms with Crippen LogP contribution < -0.4 is 5.73 Å². The number of thiocarbonyl (C=S) groups is 1. The SMILES string of the molecule is CC(C(=O)N1CCCCCC1)n1cnc(C(N)=S)n1. The van der Waals surface area contributed by atoms with E-state index in [2.05, 4.69) is 10.1 Å². The van der Waals surface area contributed by atoms with Gasteiger partial charge in [-0.15, -0.1) is 5.10 Å². The van der Waals surface area contributed by atoms with Crippen molar-refractivity contribution in [3.8, 4) is 0 Å². The first-order valence-corrected chi connectivity index (χ1v) is 7.00. The van der Waals surface area contributed by atoms with E-state index in [1.54, 1.807) is 0 Å². The molecule has 0 bridgehead atoms. The Hall–Kier alpha value is -1.50. The van der Waals surface area contributed by atoms with Crippen molar-refractivity contribution < 1.29 is 4.79 Å². The van der Waals surface area contributed by atoms with Crippen molar-refractivity contribution in [3.63, 3.8) is 0 Å². The highest BCUT2D eigenvalue weighted by Crippen LogP contribution is 2.15. The molecule has 0 spiro atoms. The molecule has 1 unspecified atom stereocenters. The highest BCUT2D eigenvalue weighted by molar-refractivity contribution is 7.80. The normalized spacial score (nSPS) is 17.8. The number of hydrogen-bond donors (Lipinski definition) is 1. The lowest BCUT2D eigenvalue weighted by atomic mass is 10.2. The van der Waals surface area contributed by atoms with E-state index >= 15 is 0 Å². The minimum absolute atomic E-state index is 0.0845. The molecule has 1 saturated heterocycles. The van der Waals surface area contributed by atoms with Crippen LogP contribution in [0.1, 0.15) is 44.5 Å². The van der Waals surface area contributed by atoms with Crippen LogP contribution in [0.4, 0.5) is 0 Å². The van der Waals surface area contributed by atoms with Crippen molar-refractivity contribution in [3.05, 3.63) is 12.2 Å². The molecule has 1 aromatic heterocycles. The van der Waals surface area contributed by atoms with Crippen molar-refractivity contribution >= 4 is 23.1 Å². The predicted molar refractivity (Wildman–Crippen MR) is 75.7 cm³/mol. The minimum atomic E-state index is -0.367. The van der Waals surface area contributed by atoms with E-state index in [1.165, 1.54) is 23.9 Å². The van der Waals surface area contributed by atoms with Crippen molar-refractivity contribution in [2.75, 3.05) is 13.1 Å². The Morgan fingerprint density at radius 1 is 1.37 bits per heavy atom. The molecule has 2 heterocycles. The summed E-state index contributed by atoms with van der Waals surface area (Å²) in [5.74, 6) is 0.395. The van der Waals surface area contributed by atoms with Crippen molar-refractivity contribution in [1.82, 2.24) is 19.7 Å². The fraction of sp³-hybridized carbons (Fsp3) is 0.667. The van der Waals surface area contributed by atoms with Gasteiger partial charge in [0.05, 0.1) is 0 Å². The molecule has 2 rings (SSSR count). The molecule has 0 aromatic carbocycles. The molecule has 0 aliphatic carbocycles. The molecule has 1 aliphatic heterocycles. The molecule has 6 nitrogen and oxygen atoms in total. The number of nitrogens with zero attached hydrogens (tertiary/aromatic N) is 4. The van der Waals surface area contributed by atoms with Gasteiger partial charge in [0.1, 0.15) is 17.4 Å². The van der Waals surface area contributed by atoms with E-state index in [4.69, 9.17) is 18.0 Å². The summed E-state index contributed by atoms with van der Waals surface area (Å²) in [5.41, 5.74) is 5.46. The fourth-order valence-corrected chi connectivity index (χ4v) is 2.34. The summed E-state index contributed by atoms with van der Waals surface area (Å²) in [4.78, 5) is 18.5. The summed E-state index contributed by atoms with van der Waals surface area (Å²) in [5, 5.41) is 4.14. The highest BCUT2D eigenvalue weighted by Gasteiger charge is 2.23. The van der Waals surface area contributed by atoms with Crippen LogP contribution in [0.15, 0.2) is 6.33 Å². The average Bonchev–Trinajstić information content (AvgIpc) is 2.73. The first kappa shape index (κ1) is 13.9. The standard InChI is InChI=1S/C12H19N5OS/c1-9(17-8-14-11(15-17)10(13)19)12(18)16-6-4-2-3-5-7-16/h8-9H,2-7H2,1H3,(H2,13,19). The number of aromatic nitrogens is 3. The van der Waals surface area contributed by atoms with Gasteiger partial charge < -0.3 is 10.6 Å². The minimum Gasteiger partial charge on any atom is -0.387 e. The average molecular weight is 281 g/mol. The number of carbonyl (C=O) groups excluding carboxylic acids is 1. The van der Waals surface area contributed by atoms with Crippen LogP contribution in [0.25, 0.3) is 0 Å². The molecular formula is C12H19N5OS. The molecule has 1 fully saturated rings. The number of hydrogen-bond acceptors (Lipinski definition) is 4. The van der Waals surface area contributed by atoms with Crippen LogP contribution >= 0.6 is 12.2 Å². The van der Waals surface area contributed by atoms with Crippen molar-refractivity contribution in [2.45, 2.75) is 38.6 Å². The van der Waals surface area contributed by atoms with Crippen LogP contribution in [0, 0.1) is 0 Å². The van der Waals surface area contributed by atoms with Gasteiger partial charge in [-0.3, -0.25) is 4.79 Å². The van der Waals surface area contributed by atoms with E-state index < -0.39 is 0 Å². The maximum absolute atomic E-state index is 12.4. The Labute approximate surface area is 118 Å². The molecule has 7 heteroatoms. The van der Waals surface area contributed by atoms with Gasteiger partial charge in [-0.05, 0) is 19.8 Å². The van der Waals surface area contributed by atoms with E-state index in [9.17, 15) is 4.79 Å². The second-order valence-corrected chi connectivity index (χ2v) is 5.27. The van der Waals surface area contributed by atoms with Crippen molar-refractivity contribution in [1.29, 1.82) is 0 Å². The van der Waals surface area contributed by atoms with Gasteiger partial charge in [0.25, 0.3) is 0 Å². The lowest BCUT2D eigenvalue weighted by Gasteiger charge is -2.23. The van der Waals surface area contributed by atoms with Gasteiger partial charge in [-0.2, -0.15) is 0 Å². The van der Waals surface area contributed by atoms with Crippen LogP contribution in [0.2, 0.25) is 0 Å². The third-order valence-corrected chi connectivity index (χ3v) is 3.58. The van der Waals surface area contributed by atoms with E-state index in [1.807, 2.05) is 11.8 Å². The lowest BCUT2D eigenvalue weighted by molar-refractivity contribution is -0.134. The van der Waals surface area contributed by atoms with Crippen LogP contribution in [-0.2, 0) is 4.79 Å². The number of carbonyl (C=O) groups is 1. The molecular weight excluding hydrogens is 262 g/mol. The Balaban J connectivity index is 2.06. The zero-order valence-corrected chi connectivity index (χ0v) is 11.9. The van der Waals surface area contributed by atoms with Crippen LogP contribution in [0.5, 0.6) is 0 Å². The van der Waals surface area contributed by atoms with Gasteiger partial charge in [0.15, 0.2) is 0 Å². The summed E-state index contributed by atoms with van der Waals surface area (Å²) in [6.07, 6.45) is 6.07. The predicted octanol–water partition coefficient (Wildman–Crippen LogP) is 0.876. The van der Waals surface area contributed by atoms with E-state index in [0.717, 1.165) is 25.9 Å². The van der Waals surface area contributed by atoms with Gasteiger partial charge in [-0.1, -0.05) is 25.1 Å². The van der Waals surface area contributed by atoms with Gasteiger partial charge >= 0.3 is 0 Å². The molecule has 0 saturated carbocycles. The lowest BCUT2D eigenvalue weighted by Crippen LogP contribution is -2.37. The molecule has 1 aromatic rings. The third kappa shape index (κ3) is 3.28. The number of rotatable bonds is 3. The molecule has 104 valence electrons. The number of likely N-dealkylation sites (tertiary alicyclic amines) is 1. The summed E-state index contributed by atoms with van der Waals surface area (Å²) in [7, 11) is 0. The topological polar surface area (TPSA) is 77.0 Å². The van der Waals surface area contributed by atoms with Crippen LogP contribution in [0.3, 0.4) is 0 Å². The van der Waals surface area contributed by atoms with Gasteiger partial charge in [0.2, 0.25) is 11.7 Å². The highest BCUT2D eigenvalue weighted by atomic mass is 32.1. The fourth-order valence-electron chi connectivity index (χ4n) is 2.24. The largest absolute Gasteiger partial charge is 0.387 e. The molecule has 1 aliphatic rings. The monoisotopic (exact) mass is 281 g/mol. The maximum atomic E-state index is 12.4. The zero-order chi connectivity index (χ0) is 13.8. The second kappa shape index (κ2) is 6.10. The maximum Gasteiger partial charge on any atom is 0.247 e. The molecule has 0 radical (unpaired) electrons. The smallest absolute Gasteiger partial charge is 0.247 e. The van der Waals surface area contributed by atoms with Gasteiger partial charge in [-0.25, -0.2) is 9.67 Å². The Morgan fingerprint density at radius 2 is 2.00 bits per heavy atom. The molecule has 19 heavy (non-hydrogen) atoms. The zero-order valence-electron chi connectivity index (χ0n) is 11.1. The number of amides is 1. The molecule has 2 N–H and O–H groups in total. The first-order valence-electron chi connectivity index (χ1n) is 6.59. The Morgan fingerprint density at radius 3 is 2.53 bits per heavy atom. The summed E-state index contributed by atoms with van der Waals surface area (Å²) in [6, 6.07) is -0.367.